The van der Waals surface area contributed by atoms with Crippen LogP contribution in [-0.2, 0) is 10.5 Å². The Hall–Kier alpha value is -0.760. The van der Waals surface area contributed by atoms with Gasteiger partial charge in [-0.3, -0.25) is 4.79 Å². The summed E-state index contributed by atoms with van der Waals surface area (Å²) >= 11 is 1.93. The lowest BCUT2D eigenvalue weighted by atomic mass is 10.1. The lowest BCUT2D eigenvalue weighted by molar-refractivity contribution is -0.117. The topological polar surface area (TPSA) is 17.1 Å². The van der Waals surface area contributed by atoms with Crippen molar-refractivity contribution in [2.45, 2.75) is 57.0 Å². The summed E-state index contributed by atoms with van der Waals surface area (Å²) in [5.74, 6) is 1.34. The van der Waals surface area contributed by atoms with Crippen molar-refractivity contribution in [3.8, 4) is 0 Å². The highest BCUT2D eigenvalue weighted by Gasteiger charge is 2.11. The predicted octanol–water partition coefficient (Wildman–Crippen LogP) is 4.85. The SMILES string of the molecule is CCCCC[C@H](CC(C)=O)SCc1ccccc1. The van der Waals surface area contributed by atoms with E-state index in [2.05, 4.69) is 31.2 Å². The third-order valence-electron chi connectivity index (χ3n) is 2.97. The van der Waals surface area contributed by atoms with Crippen molar-refractivity contribution in [2.24, 2.45) is 0 Å². The van der Waals surface area contributed by atoms with Crippen molar-refractivity contribution in [3.63, 3.8) is 0 Å². The molecule has 0 amide bonds. The zero-order chi connectivity index (χ0) is 13.2. The summed E-state index contributed by atoms with van der Waals surface area (Å²) in [6.45, 7) is 3.92. The quantitative estimate of drug-likeness (QED) is 0.593. The monoisotopic (exact) mass is 264 g/mol. The molecule has 18 heavy (non-hydrogen) atoms. The zero-order valence-corrected chi connectivity index (χ0v) is 12.3. The van der Waals surface area contributed by atoms with E-state index in [0.29, 0.717) is 11.0 Å². The molecule has 0 aromatic heterocycles. The van der Waals surface area contributed by atoms with E-state index in [0.717, 1.165) is 12.2 Å². The number of ketones is 1. The molecule has 1 nitrogen and oxygen atoms in total. The van der Waals surface area contributed by atoms with Crippen molar-refractivity contribution < 1.29 is 4.79 Å². The molecule has 0 aliphatic carbocycles. The van der Waals surface area contributed by atoms with Gasteiger partial charge < -0.3 is 0 Å². The Bertz CT molecular complexity index is 334. The summed E-state index contributed by atoms with van der Waals surface area (Å²) in [6, 6.07) is 10.5. The molecule has 0 unspecified atom stereocenters. The molecule has 1 aromatic carbocycles. The minimum absolute atomic E-state index is 0.317. The Morgan fingerprint density at radius 1 is 1.22 bits per heavy atom. The number of rotatable bonds is 9. The van der Waals surface area contributed by atoms with E-state index in [1.165, 1.54) is 31.2 Å². The molecule has 0 radical (unpaired) electrons. The van der Waals surface area contributed by atoms with Crippen LogP contribution in [0.4, 0.5) is 0 Å². The molecular formula is C16H24OS. The lowest BCUT2D eigenvalue weighted by Crippen LogP contribution is -2.08. The molecule has 1 atom stereocenters. The minimum Gasteiger partial charge on any atom is -0.300 e. The molecule has 0 saturated carbocycles. The van der Waals surface area contributed by atoms with Gasteiger partial charge in [0.2, 0.25) is 0 Å². The van der Waals surface area contributed by atoms with Gasteiger partial charge in [0.15, 0.2) is 0 Å². The lowest BCUT2D eigenvalue weighted by Gasteiger charge is -2.15. The van der Waals surface area contributed by atoms with Crippen LogP contribution in [0.15, 0.2) is 30.3 Å². The molecule has 2 heteroatoms. The highest BCUT2D eigenvalue weighted by Crippen LogP contribution is 2.25. The van der Waals surface area contributed by atoms with Gasteiger partial charge in [-0.1, -0.05) is 56.5 Å². The van der Waals surface area contributed by atoms with Gasteiger partial charge in [0.1, 0.15) is 5.78 Å². The van der Waals surface area contributed by atoms with Crippen molar-refractivity contribution in [1.82, 2.24) is 0 Å². The third kappa shape index (κ3) is 6.85. The molecule has 1 aromatic rings. The van der Waals surface area contributed by atoms with Gasteiger partial charge in [-0.2, -0.15) is 11.8 Å². The standard InChI is InChI=1S/C16H24OS/c1-3-4-6-11-16(12-14(2)17)18-13-15-9-7-5-8-10-15/h5,7-10,16H,3-4,6,11-13H2,1-2H3/t16-/m1/s1. The average Bonchev–Trinajstić information content (AvgIpc) is 2.37. The maximum Gasteiger partial charge on any atom is 0.130 e. The summed E-state index contributed by atoms with van der Waals surface area (Å²) in [5.41, 5.74) is 1.35. The molecule has 0 saturated heterocycles. The Balaban J connectivity index is 2.37. The van der Waals surface area contributed by atoms with Gasteiger partial charge >= 0.3 is 0 Å². The molecule has 0 aliphatic rings. The molecule has 100 valence electrons. The van der Waals surface area contributed by atoms with Gasteiger partial charge in [0, 0.05) is 17.4 Å². The fourth-order valence-electron chi connectivity index (χ4n) is 1.98. The number of carbonyl (C=O) groups is 1. The van der Waals surface area contributed by atoms with Gasteiger partial charge in [-0.15, -0.1) is 0 Å². The van der Waals surface area contributed by atoms with E-state index >= 15 is 0 Å². The first-order valence-electron chi connectivity index (χ1n) is 6.87. The Labute approximate surface area is 115 Å². The fourth-order valence-corrected chi connectivity index (χ4v) is 3.28. The first-order valence-corrected chi connectivity index (χ1v) is 7.92. The van der Waals surface area contributed by atoms with Crippen LogP contribution in [0, 0.1) is 0 Å². The second kappa shape index (κ2) is 9.21. The minimum atomic E-state index is 0.317. The van der Waals surface area contributed by atoms with Crippen LogP contribution < -0.4 is 0 Å². The van der Waals surface area contributed by atoms with Crippen LogP contribution in [0.2, 0.25) is 0 Å². The number of unbranched alkanes of at least 4 members (excludes halogenated alkanes) is 2. The van der Waals surface area contributed by atoms with Crippen LogP contribution in [-0.4, -0.2) is 11.0 Å². The second-order valence-corrected chi connectivity index (χ2v) is 6.11. The number of Topliss-reactive ketones (excluding diaryl/α,β-unsaturated/α-hetero) is 1. The molecule has 0 N–H and O–H groups in total. The third-order valence-corrected chi connectivity index (χ3v) is 4.35. The van der Waals surface area contributed by atoms with Gasteiger partial charge in [-0.05, 0) is 18.9 Å². The molecule has 0 bridgehead atoms. The maximum absolute atomic E-state index is 11.3. The smallest absolute Gasteiger partial charge is 0.130 e. The number of thioether (sulfide) groups is 1. The van der Waals surface area contributed by atoms with Crippen LogP contribution in [0.3, 0.4) is 0 Å². The van der Waals surface area contributed by atoms with Crippen molar-refractivity contribution in [3.05, 3.63) is 35.9 Å². The predicted molar refractivity (Wildman–Crippen MR) is 81.0 cm³/mol. The van der Waals surface area contributed by atoms with Gasteiger partial charge in [-0.25, -0.2) is 0 Å². The van der Waals surface area contributed by atoms with Gasteiger partial charge in [0.25, 0.3) is 0 Å². The van der Waals surface area contributed by atoms with E-state index in [9.17, 15) is 4.79 Å². The molecule has 1 rings (SSSR count). The molecule has 0 spiro atoms. The highest BCUT2D eigenvalue weighted by molar-refractivity contribution is 7.99. The van der Waals surface area contributed by atoms with Crippen LogP contribution in [0.5, 0.6) is 0 Å². The van der Waals surface area contributed by atoms with Crippen LogP contribution in [0.1, 0.15) is 51.5 Å². The summed E-state index contributed by atoms with van der Waals surface area (Å²) in [5, 5.41) is 0.495. The summed E-state index contributed by atoms with van der Waals surface area (Å²) < 4.78 is 0. The summed E-state index contributed by atoms with van der Waals surface area (Å²) in [4.78, 5) is 11.3. The second-order valence-electron chi connectivity index (χ2n) is 4.82. The van der Waals surface area contributed by atoms with E-state index < -0.39 is 0 Å². The Morgan fingerprint density at radius 3 is 2.56 bits per heavy atom. The first-order chi connectivity index (χ1) is 8.72. The number of hydrogen-bond donors (Lipinski definition) is 0. The first kappa shape index (κ1) is 15.3. The van der Waals surface area contributed by atoms with Gasteiger partial charge in [0.05, 0.1) is 0 Å². The molecule has 0 aliphatic heterocycles. The van der Waals surface area contributed by atoms with Crippen LogP contribution in [0.25, 0.3) is 0 Å². The van der Waals surface area contributed by atoms with Crippen LogP contribution >= 0.6 is 11.8 Å². The van der Waals surface area contributed by atoms with Crippen molar-refractivity contribution in [1.29, 1.82) is 0 Å². The number of benzene rings is 1. The van der Waals surface area contributed by atoms with Crippen molar-refractivity contribution in [2.75, 3.05) is 0 Å². The average molecular weight is 264 g/mol. The highest BCUT2D eigenvalue weighted by atomic mass is 32.2. The fraction of sp³-hybridized carbons (Fsp3) is 0.562. The molecule has 0 fully saturated rings. The van der Waals surface area contributed by atoms with E-state index in [1.54, 1.807) is 6.92 Å². The van der Waals surface area contributed by atoms with E-state index in [-0.39, 0.29) is 0 Å². The van der Waals surface area contributed by atoms with E-state index in [1.807, 2.05) is 17.8 Å². The number of carbonyl (C=O) groups excluding carboxylic acids is 1. The molecule has 0 heterocycles. The normalized spacial score (nSPS) is 12.3. The molecular weight excluding hydrogens is 240 g/mol. The summed E-state index contributed by atoms with van der Waals surface area (Å²) in [7, 11) is 0. The Kier molecular flexibility index (Phi) is 7.83. The van der Waals surface area contributed by atoms with Crippen molar-refractivity contribution >= 4 is 17.5 Å². The Morgan fingerprint density at radius 2 is 1.94 bits per heavy atom. The van der Waals surface area contributed by atoms with E-state index in [4.69, 9.17) is 0 Å². The zero-order valence-electron chi connectivity index (χ0n) is 11.5. The largest absolute Gasteiger partial charge is 0.300 e. The summed E-state index contributed by atoms with van der Waals surface area (Å²) in [6.07, 6.45) is 5.67. The maximum atomic E-state index is 11.3. The number of hydrogen-bond acceptors (Lipinski definition) is 2.